The number of rotatable bonds is 27. The maximum absolute atomic E-state index is 3.85. The first kappa shape index (κ1) is 47.4. The van der Waals surface area contributed by atoms with Crippen LogP contribution in [0.15, 0.2) is 116 Å². The molecule has 281 valence electrons. The quantitative estimate of drug-likeness (QED) is 0.0757. The predicted octanol–water partition coefficient (Wildman–Crippen LogP) is 17.3. The standard InChI is InChI=1S/C50H81/c1-13-42(4)24-15-26-44(6)28-17-30-46(8)32-19-34-48(10)36-21-38-50(12)40-22-39-49(11)37-20-35-47(9)33-18-31-45(7)29-16-27-43(5)25-14-23-41(2)3/h13,23,26-27,30-31,34-35,38-39H,1,14-22,24-25,28-29,32-33,36-37,40H2,2-12H3/b42-13+,43-27+,44-26+,45-31+,46-30+,47-35+,48-34+,49-39+,50-38+. The van der Waals surface area contributed by atoms with E-state index in [1.807, 2.05) is 6.08 Å². The maximum atomic E-state index is 3.85. The van der Waals surface area contributed by atoms with Gasteiger partial charge in [-0.3, -0.25) is 0 Å². The van der Waals surface area contributed by atoms with E-state index in [4.69, 9.17) is 0 Å². The van der Waals surface area contributed by atoms with Crippen molar-refractivity contribution in [3.05, 3.63) is 123 Å². The highest BCUT2D eigenvalue weighted by molar-refractivity contribution is 5.11. The van der Waals surface area contributed by atoms with Crippen LogP contribution in [0.25, 0.3) is 0 Å². The first-order valence-electron chi connectivity index (χ1n) is 20.2. The minimum Gasteiger partial charge on any atom is -0.0856 e. The zero-order valence-corrected chi connectivity index (χ0v) is 35.2. The molecule has 0 aromatic carbocycles. The van der Waals surface area contributed by atoms with Crippen LogP contribution < -0.4 is 0 Å². The molecular weight excluding hydrogens is 601 g/mol. The fourth-order valence-corrected chi connectivity index (χ4v) is 5.88. The van der Waals surface area contributed by atoms with Gasteiger partial charge in [-0.15, -0.1) is 0 Å². The Balaban J connectivity index is 4.23. The molecule has 0 bridgehead atoms. The Morgan fingerprint density at radius 1 is 0.260 bits per heavy atom. The Hall–Kier alpha value is -2.60. The minimum atomic E-state index is 1.13. The van der Waals surface area contributed by atoms with Crippen LogP contribution in [0.3, 0.4) is 0 Å². The zero-order chi connectivity index (χ0) is 37.6. The Morgan fingerprint density at radius 3 is 0.580 bits per heavy atom. The molecule has 0 heterocycles. The third kappa shape index (κ3) is 31.4. The molecule has 0 aromatic heterocycles. The van der Waals surface area contributed by atoms with Crippen molar-refractivity contribution in [1.29, 1.82) is 0 Å². The van der Waals surface area contributed by atoms with Gasteiger partial charge in [0.1, 0.15) is 0 Å². The highest BCUT2D eigenvalue weighted by Gasteiger charge is 1.97. The molecule has 0 unspecified atom stereocenters. The molecule has 0 aliphatic rings. The summed E-state index contributed by atoms with van der Waals surface area (Å²) < 4.78 is 0. The van der Waals surface area contributed by atoms with Crippen molar-refractivity contribution >= 4 is 0 Å². The third-order valence-corrected chi connectivity index (χ3v) is 9.69. The lowest BCUT2D eigenvalue weighted by Crippen LogP contribution is -1.84. The maximum Gasteiger partial charge on any atom is -0.0288 e. The molecule has 50 heavy (non-hydrogen) atoms. The van der Waals surface area contributed by atoms with Crippen LogP contribution >= 0.6 is 0 Å². The molecule has 0 saturated heterocycles. The second kappa shape index (κ2) is 31.2. The molecule has 0 atom stereocenters. The second-order valence-corrected chi connectivity index (χ2v) is 15.6. The second-order valence-electron chi connectivity index (χ2n) is 15.6. The van der Waals surface area contributed by atoms with Gasteiger partial charge in [0.05, 0.1) is 0 Å². The highest BCUT2D eigenvalue weighted by atomic mass is 14.0. The van der Waals surface area contributed by atoms with Crippen molar-refractivity contribution in [2.45, 2.75) is 192 Å². The number of hydrogen-bond acceptors (Lipinski definition) is 0. The Labute approximate surface area is 314 Å². The van der Waals surface area contributed by atoms with E-state index in [0.717, 1.165) is 44.9 Å². The number of hydrogen-bond donors (Lipinski definition) is 0. The molecule has 0 aromatic rings. The zero-order valence-electron chi connectivity index (χ0n) is 35.2. The largest absolute Gasteiger partial charge is 0.0856 e. The lowest BCUT2D eigenvalue weighted by Gasteiger charge is -2.04. The SMILES string of the molecule is [CH2]/C=C(\C)CC/C=C(\C)CC/C=C(\C)CC/C=C(\C)CC/C=C(\C)CC/C=C(\C)CC/C=C(\C)CC/C=C(\C)CC/C=C(\C)CCC=C(C)C. The fourth-order valence-electron chi connectivity index (χ4n) is 5.88. The van der Waals surface area contributed by atoms with Gasteiger partial charge in [0.2, 0.25) is 0 Å². The van der Waals surface area contributed by atoms with E-state index < -0.39 is 0 Å². The average Bonchev–Trinajstić information content (AvgIpc) is 3.04. The average molecular weight is 682 g/mol. The van der Waals surface area contributed by atoms with Crippen LogP contribution in [0.1, 0.15) is 192 Å². The Morgan fingerprint density at radius 2 is 0.420 bits per heavy atom. The molecule has 0 aliphatic heterocycles. The first-order chi connectivity index (χ1) is 23.8. The molecule has 0 nitrogen and oxygen atoms in total. The van der Waals surface area contributed by atoms with Gasteiger partial charge in [0.25, 0.3) is 0 Å². The van der Waals surface area contributed by atoms with Crippen molar-refractivity contribution in [3.8, 4) is 0 Å². The molecule has 0 heteroatoms. The molecule has 0 rings (SSSR count). The van der Waals surface area contributed by atoms with Gasteiger partial charge in [-0.1, -0.05) is 116 Å². The van der Waals surface area contributed by atoms with Crippen LogP contribution in [0.5, 0.6) is 0 Å². The lowest BCUT2D eigenvalue weighted by atomic mass is 10.0. The van der Waals surface area contributed by atoms with Crippen molar-refractivity contribution in [2.24, 2.45) is 0 Å². The molecule has 1 radical (unpaired) electrons. The normalized spacial score (nSPS) is 14.9. The van der Waals surface area contributed by atoms with Gasteiger partial charge >= 0.3 is 0 Å². The third-order valence-electron chi connectivity index (χ3n) is 9.69. The van der Waals surface area contributed by atoms with Crippen LogP contribution in [0.4, 0.5) is 0 Å². The summed E-state index contributed by atoms with van der Waals surface area (Å²) in [6.45, 7) is 28.7. The van der Waals surface area contributed by atoms with Gasteiger partial charge in [-0.05, 0) is 199 Å². The van der Waals surface area contributed by atoms with Gasteiger partial charge in [-0.2, -0.15) is 0 Å². The molecule has 0 spiro atoms. The summed E-state index contributed by atoms with van der Waals surface area (Å²) in [4.78, 5) is 0. The molecular formula is C50H81. The summed E-state index contributed by atoms with van der Waals surface area (Å²) in [5.41, 5.74) is 15.0. The van der Waals surface area contributed by atoms with E-state index in [1.165, 1.54) is 126 Å². The van der Waals surface area contributed by atoms with E-state index in [0.29, 0.717) is 0 Å². The van der Waals surface area contributed by atoms with Crippen LogP contribution in [0.2, 0.25) is 0 Å². The Kier molecular flexibility index (Phi) is 29.5. The van der Waals surface area contributed by atoms with E-state index in [1.54, 1.807) is 0 Å². The van der Waals surface area contributed by atoms with Crippen molar-refractivity contribution in [3.63, 3.8) is 0 Å². The highest BCUT2D eigenvalue weighted by Crippen LogP contribution is 2.18. The summed E-state index contributed by atoms with van der Waals surface area (Å²) in [5.74, 6) is 0. The summed E-state index contributed by atoms with van der Waals surface area (Å²) in [7, 11) is 0. The minimum absolute atomic E-state index is 1.13. The van der Waals surface area contributed by atoms with Gasteiger partial charge < -0.3 is 0 Å². The number of allylic oxidation sites excluding steroid dienone is 20. The summed E-state index contributed by atoms with van der Waals surface area (Å²) >= 11 is 0. The van der Waals surface area contributed by atoms with Gasteiger partial charge in [0.15, 0.2) is 0 Å². The van der Waals surface area contributed by atoms with Crippen molar-refractivity contribution in [1.82, 2.24) is 0 Å². The monoisotopic (exact) mass is 682 g/mol. The summed E-state index contributed by atoms with van der Waals surface area (Å²) in [6, 6.07) is 0. The van der Waals surface area contributed by atoms with Gasteiger partial charge in [-0.25, -0.2) is 0 Å². The topological polar surface area (TPSA) is 0 Å². The Bertz CT molecular complexity index is 1230. The fraction of sp³-hybridized carbons (Fsp3) is 0.580. The molecule has 0 saturated carbocycles. The molecule has 0 amide bonds. The van der Waals surface area contributed by atoms with Crippen molar-refractivity contribution in [2.75, 3.05) is 0 Å². The lowest BCUT2D eigenvalue weighted by molar-refractivity contribution is 0.879. The van der Waals surface area contributed by atoms with Gasteiger partial charge in [0, 0.05) is 0 Å². The van der Waals surface area contributed by atoms with Crippen LogP contribution in [-0.2, 0) is 0 Å². The van der Waals surface area contributed by atoms with E-state index >= 15 is 0 Å². The smallest absolute Gasteiger partial charge is 0.0288 e. The van der Waals surface area contributed by atoms with E-state index in [9.17, 15) is 0 Å². The van der Waals surface area contributed by atoms with Crippen LogP contribution in [-0.4, -0.2) is 0 Å². The van der Waals surface area contributed by atoms with E-state index in [-0.39, 0.29) is 0 Å². The first-order valence-corrected chi connectivity index (χ1v) is 20.2. The van der Waals surface area contributed by atoms with Crippen molar-refractivity contribution < 1.29 is 0 Å². The molecule has 0 N–H and O–H groups in total. The predicted molar refractivity (Wildman–Crippen MR) is 232 cm³/mol. The summed E-state index contributed by atoms with van der Waals surface area (Å²) in [5, 5.41) is 0. The molecule has 0 aliphatic carbocycles. The molecule has 0 fully saturated rings. The van der Waals surface area contributed by atoms with Crippen LogP contribution in [0, 0.1) is 6.92 Å². The summed E-state index contributed by atoms with van der Waals surface area (Å²) in [6.07, 6.45) is 44.9. The van der Waals surface area contributed by atoms with E-state index in [2.05, 4.69) is 138 Å².